The molecule has 4 heteroatoms. The molecule has 0 bridgehead atoms. The molecule has 0 aromatic carbocycles. The largest absolute Gasteiger partial charge is 0.462 e. The zero-order valence-electron chi connectivity index (χ0n) is 11.6. The predicted molar refractivity (Wildman–Crippen MR) is 66.8 cm³/mol. The lowest BCUT2D eigenvalue weighted by atomic mass is 9.64. The maximum atomic E-state index is 11.4. The van der Waals surface area contributed by atoms with Crippen LogP contribution in [0.3, 0.4) is 0 Å². The number of hydrogen-bond acceptors (Lipinski definition) is 4. The van der Waals surface area contributed by atoms with Gasteiger partial charge in [0.1, 0.15) is 0 Å². The quantitative estimate of drug-likeness (QED) is 0.722. The summed E-state index contributed by atoms with van der Waals surface area (Å²) in [4.78, 5) is 11.4. The van der Waals surface area contributed by atoms with E-state index in [1.807, 2.05) is 20.8 Å². The van der Waals surface area contributed by atoms with Crippen LogP contribution in [0.2, 0.25) is 0 Å². The molecule has 0 aromatic heterocycles. The van der Waals surface area contributed by atoms with Gasteiger partial charge in [0.2, 0.25) is 0 Å². The summed E-state index contributed by atoms with van der Waals surface area (Å²) >= 11 is 0. The summed E-state index contributed by atoms with van der Waals surface area (Å²) in [5.74, 6) is -0.185. The molecule has 0 aromatic rings. The smallest absolute Gasteiger partial charge is 0.320 e. The average molecular weight is 243 g/mol. The maximum Gasteiger partial charge on any atom is 0.320 e. The van der Waals surface area contributed by atoms with Gasteiger partial charge in [-0.1, -0.05) is 13.8 Å². The second kappa shape index (κ2) is 5.83. The van der Waals surface area contributed by atoms with Gasteiger partial charge in [-0.25, -0.2) is 0 Å². The Bertz CT molecular complexity index is 263. The van der Waals surface area contributed by atoms with Gasteiger partial charge < -0.3 is 14.8 Å². The first-order valence-electron chi connectivity index (χ1n) is 6.42. The van der Waals surface area contributed by atoms with Crippen LogP contribution in [0.25, 0.3) is 0 Å². The normalized spacial score (nSPS) is 26.7. The molecule has 100 valence electrons. The van der Waals surface area contributed by atoms with E-state index in [1.54, 1.807) is 0 Å². The van der Waals surface area contributed by atoms with Crippen molar-refractivity contribution >= 4 is 5.97 Å². The van der Waals surface area contributed by atoms with Crippen molar-refractivity contribution in [2.24, 2.45) is 5.41 Å². The number of carbonyl (C=O) groups is 1. The molecule has 1 aliphatic rings. The van der Waals surface area contributed by atoms with E-state index >= 15 is 0 Å². The van der Waals surface area contributed by atoms with E-state index in [2.05, 4.69) is 19.2 Å². The van der Waals surface area contributed by atoms with Crippen LogP contribution in [0.15, 0.2) is 0 Å². The van der Waals surface area contributed by atoms with Gasteiger partial charge in [0.05, 0.1) is 18.8 Å². The van der Waals surface area contributed by atoms with E-state index in [4.69, 9.17) is 9.47 Å². The van der Waals surface area contributed by atoms with Crippen molar-refractivity contribution < 1.29 is 14.3 Å². The monoisotopic (exact) mass is 243 g/mol. The molecule has 1 N–H and O–H groups in total. The Morgan fingerprint density at radius 2 is 2.12 bits per heavy atom. The van der Waals surface area contributed by atoms with E-state index in [0.717, 1.165) is 13.0 Å². The Morgan fingerprint density at radius 3 is 2.59 bits per heavy atom. The van der Waals surface area contributed by atoms with Crippen LogP contribution in [0.1, 0.15) is 41.0 Å². The zero-order chi connectivity index (χ0) is 13.1. The molecule has 0 radical (unpaired) electrons. The lowest BCUT2D eigenvalue weighted by Crippen LogP contribution is -2.61. The van der Waals surface area contributed by atoms with Crippen LogP contribution in [0.5, 0.6) is 0 Å². The molecular weight excluding hydrogens is 218 g/mol. The predicted octanol–water partition coefficient (Wildman–Crippen LogP) is 1.73. The van der Waals surface area contributed by atoms with Gasteiger partial charge in [0, 0.05) is 18.1 Å². The fraction of sp³-hybridized carbons (Fsp3) is 0.923. The fourth-order valence-corrected chi connectivity index (χ4v) is 2.23. The summed E-state index contributed by atoms with van der Waals surface area (Å²) in [5.41, 5.74) is 0.0914. The lowest BCUT2D eigenvalue weighted by molar-refractivity contribution is -0.149. The second-order valence-corrected chi connectivity index (χ2v) is 5.47. The summed E-state index contributed by atoms with van der Waals surface area (Å²) in [5, 5.41) is 3.25. The summed E-state index contributed by atoms with van der Waals surface area (Å²) in [6, 6.07) is 0.332. The van der Waals surface area contributed by atoms with E-state index in [-0.39, 0.29) is 24.0 Å². The summed E-state index contributed by atoms with van der Waals surface area (Å²) in [6.45, 7) is 11.1. The van der Waals surface area contributed by atoms with Crippen LogP contribution >= 0.6 is 0 Å². The van der Waals surface area contributed by atoms with E-state index in [0.29, 0.717) is 12.1 Å². The van der Waals surface area contributed by atoms with Crippen molar-refractivity contribution in [3.63, 3.8) is 0 Å². The molecule has 0 aliphatic heterocycles. The highest BCUT2D eigenvalue weighted by Gasteiger charge is 2.48. The molecule has 17 heavy (non-hydrogen) atoms. The Kier molecular flexibility index (Phi) is 4.95. The fourth-order valence-electron chi connectivity index (χ4n) is 2.23. The third-order valence-electron chi connectivity index (χ3n) is 3.41. The van der Waals surface area contributed by atoms with Gasteiger partial charge in [-0.15, -0.1) is 0 Å². The van der Waals surface area contributed by atoms with Crippen LogP contribution < -0.4 is 5.32 Å². The average Bonchev–Trinajstić information content (AvgIpc) is 2.21. The molecule has 1 rings (SSSR count). The molecule has 0 spiro atoms. The molecule has 0 saturated heterocycles. The summed E-state index contributed by atoms with van der Waals surface area (Å²) < 4.78 is 10.7. The van der Waals surface area contributed by atoms with Gasteiger partial charge in [-0.3, -0.25) is 4.79 Å². The van der Waals surface area contributed by atoms with Crippen molar-refractivity contribution in [2.45, 2.75) is 59.3 Å². The summed E-state index contributed by atoms with van der Waals surface area (Å²) in [6.07, 6.45) is 1.22. The molecular formula is C13H25NO3. The maximum absolute atomic E-state index is 11.4. The first kappa shape index (κ1) is 14.5. The zero-order valence-corrected chi connectivity index (χ0v) is 11.6. The third-order valence-corrected chi connectivity index (χ3v) is 3.41. The van der Waals surface area contributed by atoms with Gasteiger partial charge in [-0.2, -0.15) is 0 Å². The highest BCUT2D eigenvalue weighted by atomic mass is 16.5. The first-order valence-corrected chi connectivity index (χ1v) is 6.42. The Balaban J connectivity index is 2.28. The highest BCUT2D eigenvalue weighted by Crippen LogP contribution is 2.42. The molecule has 4 nitrogen and oxygen atoms in total. The van der Waals surface area contributed by atoms with Crippen molar-refractivity contribution in [2.75, 3.05) is 13.2 Å². The van der Waals surface area contributed by atoms with Gasteiger partial charge in [0.25, 0.3) is 0 Å². The summed E-state index contributed by atoms with van der Waals surface area (Å²) in [7, 11) is 0. The van der Waals surface area contributed by atoms with E-state index in [1.165, 1.54) is 0 Å². The molecule has 0 heterocycles. The number of ether oxygens (including phenoxy) is 2. The number of rotatable bonds is 6. The number of hydrogen-bond donors (Lipinski definition) is 1. The molecule has 2 unspecified atom stereocenters. The molecule has 2 atom stereocenters. The molecule has 1 saturated carbocycles. The minimum absolute atomic E-state index is 0.0464. The topological polar surface area (TPSA) is 47.6 Å². The van der Waals surface area contributed by atoms with Crippen molar-refractivity contribution in [1.29, 1.82) is 0 Å². The number of esters is 1. The van der Waals surface area contributed by atoms with Crippen LogP contribution in [-0.4, -0.2) is 37.4 Å². The van der Waals surface area contributed by atoms with Crippen molar-refractivity contribution in [3.8, 4) is 0 Å². The highest BCUT2D eigenvalue weighted by molar-refractivity contribution is 5.71. The van der Waals surface area contributed by atoms with Crippen molar-refractivity contribution in [3.05, 3.63) is 0 Å². The number of carbonyl (C=O) groups excluding carboxylic acids is 1. The molecule has 1 fully saturated rings. The SMILES string of the molecule is CCOC1CC(NCC(=O)OC(C)C)C1(C)C. The van der Waals surface area contributed by atoms with Crippen molar-refractivity contribution in [1.82, 2.24) is 5.32 Å². The second-order valence-electron chi connectivity index (χ2n) is 5.47. The standard InChI is InChI=1S/C13H25NO3/c1-6-16-11-7-10(13(11,4)5)14-8-12(15)17-9(2)3/h9-11,14H,6-8H2,1-5H3. The van der Waals surface area contributed by atoms with E-state index in [9.17, 15) is 4.79 Å². The molecule has 0 amide bonds. The minimum atomic E-state index is -0.185. The van der Waals surface area contributed by atoms with E-state index < -0.39 is 0 Å². The Morgan fingerprint density at radius 1 is 1.47 bits per heavy atom. The first-order chi connectivity index (χ1) is 7.87. The Labute approximate surface area is 104 Å². The third kappa shape index (κ3) is 3.68. The van der Waals surface area contributed by atoms with Crippen LogP contribution in [-0.2, 0) is 14.3 Å². The van der Waals surface area contributed by atoms with Crippen LogP contribution in [0, 0.1) is 5.41 Å². The van der Waals surface area contributed by atoms with Gasteiger partial charge in [0.15, 0.2) is 0 Å². The minimum Gasteiger partial charge on any atom is -0.462 e. The Hall–Kier alpha value is -0.610. The van der Waals surface area contributed by atoms with Gasteiger partial charge in [-0.05, 0) is 27.2 Å². The molecule has 1 aliphatic carbocycles. The lowest BCUT2D eigenvalue weighted by Gasteiger charge is -2.51. The van der Waals surface area contributed by atoms with Crippen LogP contribution in [0.4, 0.5) is 0 Å². The van der Waals surface area contributed by atoms with Gasteiger partial charge >= 0.3 is 5.97 Å². The number of nitrogens with one attached hydrogen (secondary N) is 1.